The second kappa shape index (κ2) is 13.1. The molecule has 2 rings (SSSR count). The third kappa shape index (κ3) is 8.03. The van der Waals surface area contributed by atoms with Gasteiger partial charge in [0.1, 0.15) is 6.61 Å². The summed E-state index contributed by atoms with van der Waals surface area (Å²) in [5.74, 6) is 1.42. The lowest BCUT2D eigenvalue weighted by Gasteiger charge is -2.17. The number of ether oxygens (including phenoxy) is 1. The highest BCUT2D eigenvalue weighted by molar-refractivity contribution is 7.89. The fraction of sp³-hybridized carbons (Fsp3) is 0.708. The number of benzene rings is 1. The van der Waals surface area contributed by atoms with E-state index < -0.39 is 10.0 Å². The second-order valence-electron chi connectivity index (χ2n) is 8.50. The quantitative estimate of drug-likeness (QED) is 0.333. The first-order valence-electron chi connectivity index (χ1n) is 11.7. The van der Waals surface area contributed by atoms with Crippen LogP contribution in [0.5, 0.6) is 0 Å². The first-order valence-corrected chi connectivity index (χ1v) is 13.1. The number of aliphatic imine (C=N–C) groups is 1. The van der Waals surface area contributed by atoms with Crippen molar-refractivity contribution in [2.75, 3.05) is 20.2 Å². The minimum absolute atomic E-state index is 0.374. The molecule has 0 fully saturated rings. The molecule has 1 aromatic rings. The summed E-state index contributed by atoms with van der Waals surface area (Å²) in [6.07, 6.45) is 11.7. The zero-order valence-corrected chi connectivity index (χ0v) is 19.9. The molecule has 0 aromatic heterocycles. The van der Waals surface area contributed by atoms with Gasteiger partial charge in [-0.25, -0.2) is 17.7 Å². The first-order chi connectivity index (χ1) is 14.4. The summed E-state index contributed by atoms with van der Waals surface area (Å²) in [6.45, 7) is 5.74. The number of hydrogen-bond acceptors (Lipinski definition) is 4. The molecule has 30 heavy (non-hydrogen) atoms. The van der Waals surface area contributed by atoms with Crippen LogP contribution in [0, 0.1) is 5.92 Å². The lowest BCUT2D eigenvalue weighted by atomic mass is 10.0. The van der Waals surface area contributed by atoms with Crippen LogP contribution < -0.4 is 0 Å². The fourth-order valence-corrected chi connectivity index (χ4v) is 5.01. The molecule has 2 atom stereocenters. The van der Waals surface area contributed by atoms with Crippen molar-refractivity contribution in [3.05, 3.63) is 30.3 Å². The lowest BCUT2D eigenvalue weighted by Crippen LogP contribution is -2.27. The molecule has 1 aromatic carbocycles. The Kier molecular flexibility index (Phi) is 10.9. The van der Waals surface area contributed by atoms with E-state index in [-0.39, 0.29) is 0 Å². The molecule has 0 spiro atoms. The molecule has 1 heterocycles. The molecular formula is C24H40N2O3S. The third-order valence-electron chi connectivity index (χ3n) is 5.94. The summed E-state index contributed by atoms with van der Waals surface area (Å²) in [6, 6.07) is 9.05. The molecule has 0 saturated carbocycles. The topological polar surface area (TPSA) is 59.0 Å². The van der Waals surface area contributed by atoms with E-state index in [4.69, 9.17) is 4.74 Å². The van der Waals surface area contributed by atoms with E-state index in [0.29, 0.717) is 23.4 Å². The summed E-state index contributed by atoms with van der Waals surface area (Å²) in [4.78, 5) is 5.03. The van der Waals surface area contributed by atoms with Gasteiger partial charge in [-0.2, -0.15) is 0 Å². The Morgan fingerprint density at radius 1 is 1.03 bits per heavy atom. The molecule has 0 saturated heterocycles. The van der Waals surface area contributed by atoms with Crippen LogP contribution in [-0.4, -0.2) is 44.9 Å². The predicted molar refractivity (Wildman–Crippen MR) is 124 cm³/mol. The van der Waals surface area contributed by atoms with E-state index in [2.05, 4.69) is 18.8 Å². The van der Waals surface area contributed by atoms with Crippen molar-refractivity contribution < 1.29 is 13.2 Å². The number of rotatable bonds is 15. The minimum Gasteiger partial charge on any atom is -0.478 e. The van der Waals surface area contributed by atoms with Crippen LogP contribution in [0.25, 0.3) is 0 Å². The molecule has 0 radical (unpaired) electrons. The summed E-state index contributed by atoms with van der Waals surface area (Å²) in [7, 11) is -1.67. The first kappa shape index (κ1) is 24.9. The maximum absolute atomic E-state index is 12.5. The monoisotopic (exact) mass is 436 g/mol. The van der Waals surface area contributed by atoms with Gasteiger partial charge in [0.15, 0.2) is 5.90 Å². The van der Waals surface area contributed by atoms with Gasteiger partial charge in [-0.05, 0) is 31.4 Å². The maximum Gasteiger partial charge on any atom is 0.242 e. The molecule has 6 heteroatoms. The SMILES string of the molecule is CC[C@@H]1COC(C(C)CCCCCCCCCCN(C)S(=O)(=O)c2ccccc2)=N1. The van der Waals surface area contributed by atoms with Gasteiger partial charge in [0.25, 0.3) is 0 Å². The van der Waals surface area contributed by atoms with E-state index in [9.17, 15) is 8.42 Å². The van der Waals surface area contributed by atoms with Crippen LogP contribution in [0.15, 0.2) is 40.2 Å². The largest absolute Gasteiger partial charge is 0.478 e. The average molecular weight is 437 g/mol. The molecule has 0 N–H and O–H groups in total. The molecule has 0 aliphatic carbocycles. The van der Waals surface area contributed by atoms with E-state index >= 15 is 0 Å². The number of hydrogen-bond donors (Lipinski definition) is 0. The van der Waals surface area contributed by atoms with Crippen molar-refractivity contribution in [2.24, 2.45) is 10.9 Å². The van der Waals surface area contributed by atoms with Crippen LogP contribution >= 0.6 is 0 Å². The van der Waals surface area contributed by atoms with Crippen molar-refractivity contribution >= 4 is 15.9 Å². The van der Waals surface area contributed by atoms with Gasteiger partial charge in [-0.3, -0.25) is 0 Å². The normalized spacial score (nSPS) is 17.7. The summed E-state index contributed by atoms with van der Waals surface area (Å²) in [5.41, 5.74) is 0. The molecule has 0 amide bonds. The Bertz CT molecular complexity index is 734. The smallest absolute Gasteiger partial charge is 0.242 e. The van der Waals surface area contributed by atoms with Gasteiger partial charge in [0.05, 0.1) is 10.9 Å². The fourth-order valence-electron chi connectivity index (χ4n) is 3.78. The molecule has 170 valence electrons. The number of nitrogens with zero attached hydrogens (tertiary/aromatic N) is 2. The van der Waals surface area contributed by atoms with Crippen molar-refractivity contribution in [1.82, 2.24) is 4.31 Å². The Morgan fingerprint density at radius 3 is 2.23 bits per heavy atom. The highest BCUT2D eigenvalue weighted by Gasteiger charge is 2.21. The van der Waals surface area contributed by atoms with Crippen molar-refractivity contribution in [1.29, 1.82) is 0 Å². The third-order valence-corrected chi connectivity index (χ3v) is 7.81. The van der Waals surface area contributed by atoms with Crippen LogP contribution in [0.1, 0.15) is 78.1 Å². The molecule has 1 unspecified atom stereocenters. The van der Waals surface area contributed by atoms with Crippen LogP contribution in [0.2, 0.25) is 0 Å². The van der Waals surface area contributed by atoms with Gasteiger partial charge in [-0.15, -0.1) is 0 Å². The number of unbranched alkanes of at least 4 members (excludes halogenated alkanes) is 7. The van der Waals surface area contributed by atoms with Gasteiger partial charge >= 0.3 is 0 Å². The summed E-state index contributed by atoms with van der Waals surface area (Å²) < 4.78 is 32.1. The van der Waals surface area contributed by atoms with E-state index in [1.165, 1.54) is 42.8 Å². The second-order valence-corrected chi connectivity index (χ2v) is 10.5. The van der Waals surface area contributed by atoms with Gasteiger partial charge < -0.3 is 4.74 Å². The molecule has 0 bridgehead atoms. The Labute approximate surface area is 184 Å². The predicted octanol–water partition coefficient (Wildman–Crippen LogP) is 5.66. The zero-order valence-electron chi connectivity index (χ0n) is 19.1. The Morgan fingerprint density at radius 2 is 1.63 bits per heavy atom. The summed E-state index contributed by atoms with van der Waals surface area (Å²) in [5, 5.41) is 0. The molecule has 5 nitrogen and oxygen atoms in total. The van der Waals surface area contributed by atoms with Crippen molar-refractivity contribution in [2.45, 2.75) is 89.0 Å². The molecular weight excluding hydrogens is 396 g/mol. The van der Waals surface area contributed by atoms with E-state index in [1.54, 1.807) is 31.3 Å². The molecule has 1 aliphatic rings. The van der Waals surface area contributed by atoms with E-state index in [1.807, 2.05) is 6.07 Å². The average Bonchev–Trinajstić information content (AvgIpc) is 3.24. The standard InChI is InChI=1S/C24H40N2O3S/c1-4-22-20-29-24(25-22)21(2)16-12-9-7-5-6-8-10-15-19-26(3)30(27,28)23-17-13-11-14-18-23/h11,13-14,17-18,21-22H,4-10,12,15-16,19-20H2,1-3H3/t21?,22-/m1/s1. The van der Waals surface area contributed by atoms with Crippen LogP contribution in [0.4, 0.5) is 0 Å². The Hall–Kier alpha value is -1.40. The van der Waals surface area contributed by atoms with Gasteiger partial charge in [0.2, 0.25) is 10.0 Å². The lowest BCUT2D eigenvalue weighted by molar-refractivity contribution is 0.294. The van der Waals surface area contributed by atoms with Crippen LogP contribution in [0.3, 0.4) is 0 Å². The zero-order chi connectivity index (χ0) is 21.8. The maximum atomic E-state index is 12.5. The Balaban J connectivity index is 1.47. The summed E-state index contributed by atoms with van der Waals surface area (Å²) >= 11 is 0. The van der Waals surface area contributed by atoms with Crippen LogP contribution in [-0.2, 0) is 14.8 Å². The van der Waals surface area contributed by atoms with Gasteiger partial charge in [0, 0.05) is 19.5 Å². The van der Waals surface area contributed by atoms with Gasteiger partial charge in [-0.1, -0.05) is 77.0 Å². The molecule has 1 aliphatic heterocycles. The van der Waals surface area contributed by atoms with E-state index in [0.717, 1.165) is 38.2 Å². The highest BCUT2D eigenvalue weighted by Crippen LogP contribution is 2.19. The van der Waals surface area contributed by atoms with Crippen molar-refractivity contribution in [3.63, 3.8) is 0 Å². The number of sulfonamides is 1. The highest BCUT2D eigenvalue weighted by atomic mass is 32.2. The van der Waals surface area contributed by atoms with Crippen molar-refractivity contribution in [3.8, 4) is 0 Å². The minimum atomic E-state index is -3.35.